The number of halogens is 1. The Hall–Kier alpha value is -1.06. The van der Waals surface area contributed by atoms with E-state index in [-0.39, 0.29) is 5.97 Å². The Morgan fingerprint density at radius 3 is 2.33 bits per heavy atom. The predicted molar refractivity (Wildman–Crippen MR) is 39.2 cm³/mol. The fourth-order valence-corrected chi connectivity index (χ4v) is 0.298. The van der Waals surface area contributed by atoms with Crippen LogP contribution in [0.5, 0.6) is 0 Å². The van der Waals surface area contributed by atoms with Gasteiger partial charge in [-0.05, 0) is 22.6 Å². The maximum absolute atomic E-state index is 10.4. The summed E-state index contributed by atoms with van der Waals surface area (Å²) in [5.74, 6) is -0.381. The van der Waals surface area contributed by atoms with Gasteiger partial charge in [-0.25, -0.2) is 4.79 Å². The van der Waals surface area contributed by atoms with E-state index >= 15 is 0 Å². The van der Waals surface area contributed by atoms with Crippen molar-refractivity contribution in [3.63, 3.8) is 0 Å². The topological polar surface area (TPSA) is 26.3 Å². The minimum atomic E-state index is -0.381. The monoisotopic (exact) mass is 492 g/mol. The first kappa shape index (κ1) is 10.8. The smallest absolute Gasteiger partial charge is 0.312 e. The van der Waals surface area contributed by atoms with Crippen molar-refractivity contribution in [1.29, 1.82) is 0 Å². The van der Waals surface area contributed by atoms with E-state index in [1.54, 1.807) is 29.5 Å². The standard InChI is InChI=1S/C5H6IO2.Rf/c1-3-8-5(7)4(2)6;/h3H,2H2,1H3;/q-1;. The molecule has 0 radical (unpaired) electrons. The molecule has 0 aromatic rings. The molecule has 4 heteroatoms. The molecular formula is C5H6IO2Rf-. The third-order valence-electron chi connectivity index (χ3n) is 0.446. The van der Waals surface area contributed by atoms with Crippen LogP contribution >= 0.6 is 22.6 Å². The summed E-state index contributed by atoms with van der Waals surface area (Å²) in [7, 11) is 0. The van der Waals surface area contributed by atoms with Crippen molar-refractivity contribution < 1.29 is 9.53 Å². The second kappa shape index (κ2) is 5.08. The number of hydrogen-bond acceptors (Lipinski definition) is 2. The van der Waals surface area contributed by atoms with Crippen molar-refractivity contribution in [2.24, 2.45) is 0 Å². The minimum Gasteiger partial charge on any atom is -0.633 e. The Labute approximate surface area is 62.0 Å². The van der Waals surface area contributed by atoms with Gasteiger partial charge in [-0.3, -0.25) is 0 Å². The van der Waals surface area contributed by atoms with Crippen LogP contribution in [0.3, 0.4) is 0 Å². The van der Waals surface area contributed by atoms with Crippen LogP contribution in [0.4, 0.5) is 0 Å². The first-order valence-electron chi connectivity index (χ1n) is 2.01. The summed E-state index contributed by atoms with van der Waals surface area (Å²) < 4.78 is 4.82. The largest absolute Gasteiger partial charge is 0.633 e. The zero-order valence-corrected chi connectivity index (χ0v) is 13.7. The van der Waals surface area contributed by atoms with E-state index in [2.05, 4.69) is 11.3 Å². The van der Waals surface area contributed by atoms with Crippen LogP contribution in [-0.2, 0) is 9.53 Å². The molecule has 2 nitrogen and oxygen atoms in total. The third kappa shape index (κ3) is 4.80. The molecule has 48 valence electrons. The van der Waals surface area contributed by atoms with E-state index in [1.807, 2.05) is 0 Å². The maximum Gasteiger partial charge on any atom is 0.312 e. The molecular weight excluding hydrogens is 486 g/mol. The number of esters is 1. The molecule has 0 fully saturated rings. The van der Waals surface area contributed by atoms with Gasteiger partial charge >= 0.3 is 5.97 Å². The fraction of sp³-hybridized carbons (Fsp3) is 0.200. The molecule has 0 aromatic carbocycles. The van der Waals surface area contributed by atoms with Gasteiger partial charge in [0.25, 0.3) is 0 Å². The number of hydrogen-bond donors (Lipinski definition) is 0. The summed E-state index contributed by atoms with van der Waals surface area (Å²) >= 11 is 1.80. The summed E-state index contributed by atoms with van der Waals surface area (Å²) in [6.45, 7) is 6.33. The van der Waals surface area contributed by atoms with Crippen LogP contribution in [0.25, 0.3) is 0 Å². The van der Waals surface area contributed by atoms with Gasteiger partial charge in [0.2, 0.25) is 0 Å². The molecule has 0 atom stereocenters. The predicted octanol–water partition coefficient (Wildman–Crippen LogP) is 1.66. The van der Waals surface area contributed by atoms with Crippen LogP contribution < -0.4 is 0 Å². The van der Waals surface area contributed by atoms with Gasteiger partial charge < -0.3 is 4.74 Å². The summed E-state index contributed by atoms with van der Waals surface area (Å²) in [6.07, 6.45) is 0. The van der Waals surface area contributed by atoms with E-state index in [1.165, 1.54) is 6.61 Å². The molecule has 0 aliphatic heterocycles. The normalized spacial score (nSPS) is 7.33. The Balaban J connectivity index is 0. The molecule has 0 unspecified atom stereocenters. The van der Waals surface area contributed by atoms with Crippen LogP contribution in [0, 0.1) is 6.61 Å². The molecule has 0 heterocycles. The SMILES string of the molecule is C=C(I)C(=O)O[CH-]C.[Rf]. The molecule has 0 saturated carbocycles. The Morgan fingerprint density at radius 1 is 1.78 bits per heavy atom. The molecule has 0 bridgehead atoms. The van der Waals surface area contributed by atoms with Crippen molar-refractivity contribution in [2.75, 3.05) is 0 Å². The van der Waals surface area contributed by atoms with Gasteiger partial charge in [-0.15, -0.1) is 0 Å². The molecule has 0 aliphatic rings. The molecule has 0 saturated heterocycles. The molecule has 0 spiro atoms. The van der Waals surface area contributed by atoms with Crippen molar-refractivity contribution in [3.05, 3.63) is 16.8 Å². The minimum absolute atomic E-state index is 0. The molecule has 0 aliphatic carbocycles. The maximum atomic E-state index is 10.4. The van der Waals surface area contributed by atoms with Gasteiger partial charge in [0.05, 0.1) is 3.58 Å². The summed E-state index contributed by atoms with van der Waals surface area (Å²) in [5, 5.41) is 0. The number of ether oxygens (including phenoxy) is 1. The average molecular weight is 492 g/mol. The van der Waals surface area contributed by atoms with E-state index < -0.39 is 0 Å². The first-order valence-corrected chi connectivity index (χ1v) is 3.09. The van der Waals surface area contributed by atoms with Crippen molar-refractivity contribution >= 4 is 28.6 Å². The first-order chi connectivity index (χ1) is 3.68. The second-order valence-corrected chi connectivity index (χ2v) is 2.35. The Bertz CT molecular complexity index is 114. The Morgan fingerprint density at radius 2 is 2.22 bits per heavy atom. The van der Waals surface area contributed by atoms with Crippen LogP contribution in [0.2, 0.25) is 0 Å². The number of rotatable bonds is 2. The van der Waals surface area contributed by atoms with Crippen molar-refractivity contribution in [3.8, 4) is 0 Å². The summed E-state index contributed by atoms with van der Waals surface area (Å²) in [5.41, 5.74) is 0. The fourth-order valence-electron chi connectivity index (χ4n) is 0.171. The molecule has 9 heavy (non-hydrogen) atoms. The van der Waals surface area contributed by atoms with E-state index in [0.29, 0.717) is 3.58 Å². The van der Waals surface area contributed by atoms with Gasteiger partial charge in [0, 0.05) is 0 Å². The number of carbonyl (C=O) groups is 1. The van der Waals surface area contributed by atoms with E-state index in [9.17, 15) is 4.79 Å². The molecule has 0 aromatic heterocycles. The van der Waals surface area contributed by atoms with Gasteiger partial charge in [-0.2, -0.15) is 13.5 Å². The van der Waals surface area contributed by atoms with E-state index in [4.69, 9.17) is 0 Å². The van der Waals surface area contributed by atoms with Crippen molar-refractivity contribution in [1.82, 2.24) is 0 Å². The summed E-state index contributed by atoms with van der Waals surface area (Å²) in [4.78, 5) is 10.4. The quantitative estimate of drug-likeness (QED) is 0.254. The van der Waals surface area contributed by atoms with Crippen LogP contribution in [-0.4, -0.2) is 5.97 Å². The molecule has 0 amide bonds. The van der Waals surface area contributed by atoms with Crippen LogP contribution in [0.15, 0.2) is 10.2 Å². The summed E-state index contributed by atoms with van der Waals surface area (Å²) in [6, 6.07) is 0. The molecule has 0 rings (SSSR count). The molecule has 0 N–H and O–H groups in total. The average Bonchev–Trinajstić information content (AvgIpc) is 1.67. The van der Waals surface area contributed by atoms with Gasteiger partial charge in [0.15, 0.2) is 0 Å². The Kier molecular flexibility index (Phi) is 6.12. The zero-order valence-electron chi connectivity index (χ0n) is 5.19. The van der Waals surface area contributed by atoms with Crippen LogP contribution in [0.1, 0.15) is 6.92 Å². The van der Waals surface area contributed by atoms with Crippen molar-refractivity contribution in [2.45, 2.75) is 6.92 Å². The van der Waals surface area contributed by atoms with Gasteiger partial charge in [-0.1, -0.05) is 6.58 Å². The van der Waals surface area contributed by atoms with Gasteiger partial charge in [0.1, 0.15) is 0 Å². The number of carbonyl (C=O) groups excluding carboxylic acids is 1. The third-order valence-corrected chi connectivity index (χ3v) is 0.887. The second-order valence-electron chi connectivity index (χ2n) is 1.05. The van der Waals surface area contributed by atoms with E-state index in [0.717, 1.165) is 0 Å². The zero-order chi connectivity index (χ0) is 6.57.